The molecule has 1 unspecified atom stereocenters. The average Bonchev–Trinajstić information content (AvgIpc) is 3.08. The predicted octanol–water partition coefficient (Wildman–Crippen LogP) is 2.43. The molecule has 1 aliphatic heterocycles. The van der Waals surface area contributed by atoms with Gasteiger partial charge in [0.05, 0.1) is 36.2 Å². The zero-order valence-electron chi connectivity index (χ0n) is 16.5. The van der Waals surface area contributed by atoms with Gasteiger partial charge in [-0.25, -0.2) is 9.37 Å². The van der Waals surface area contributed by atoms with E-state index in [2.05, 4.69) is 10.3 Å². The van der Waals surface area contributed by atoms with E-state index in [0.29, 0.717) is 29.3 Å². The first-order valence-electron chi connectivity index (χ1n) is 9.10. The van der Waals surface area contributed by atoms with Crippen LogP contribution in [0, 0.1) is 6.92 Å². The number of halogens is 1. The summed E-state index contributed by atoms with van der Waals surface area (Å²) in [6, 6.07) is 3.49. The molecule has 2 heterocycles. The summed E-state index contributed by atoms with van der Waals surface area (Å²) in [5, 5.41) is 2.99. The summed E-state index contributed by atoms with van der Waals surface area (Å²) in [7, 11) is 1.48. The number of hydrogen-bond acceptors (Lipinski definition) is 7. The van der Waals surface area contributed by atoms with Gasteiger partial charge in [-0.15, -0.1) is 0 Å². The molecular formula is C19H21FN4O4S2. The van der Waals surface area contributed by atoms with Crippen molar-refractivity contribution >= 4 is 47.0 Å². The van der Waals surface area contributed by atoms with Crippen LogP contribution in [0.5, 0.6) is 5.75 Å². The Morgan fingerprint density at radius 1 is 1.37 bits per heavy atom. The summed E-state index contributed by atoms with van der Waals surface area (Å²) in [6.45, 7) is 2.31. The molecule has 1 atom stereocenters. The number of rotatable bonds is 7. The van der Waals surface area contributed by atoms with Crippen molar-refractivity contribution in [3.63, 3.8) is 0 Å². The predicted molar refractivity (Wildman–Crippen MR) is 112 cm³/mol. The lowest BCUT2D eigenvalue weighted by molar-refractivity contribution is -0.118. The van der Waals surface area contributed by atoms with Crippen molar-refractivity contribution in [1.82, 2.24) is 14.8 Å². The molecule has 1 saturated heterocycles. The Bertz CT molecular complexity index is 939. The van der Waals surface area contributed by atoms with Crippen LogP contribution in [0.4, 0.5) is 9.52 Å². The number of carbonyl (C=O) groups excluding carboxylic acids is 3. The molecular weight excluding hydrogens is 431 g/mol. The molecule has 2 aromatic rings. The van der Waals surface area contributed by atoms with Crippen LogP contribution >= 0.6 is 23.1 Å². The van der Waals surface area contributed by atoms with E-state index in [0.717, 1.165) is 14.7 Å². The molecule has 8 nitrogen and oxygen atoms in total. The zero-order chi connectivity index (χ0) is 21.7. The molecule has 160 valence electrons. The molecule has 1 N–H and O–H groups in total. The minimum absolute atomic E-state index is 0.0258. The van der Waals surface area contributed by atoms with Crippen molar-refractivity contribution in [1.29, 1.82) is 0 Å². The van der Waals surface area contributed by atoms with Gasteiger partial charge in [0, 0.05) is 18.0 Å². The molecule has 0 bridgehead atoms. The van der Waals surface area contributed by atoms with Gasteiger partial charge >= 0.3 is 0 Å². The number of ether oxygens (including phenoxy) is 1. The van der Waals surface area contributed by atoms with Crippen LogP contribution in [0.3, 0.4) is 0 Å². The number of anilines is 1. The first-order chi connectivity index (χ1) is 14.4. The van der Waals surface area contributed by atoms with Crippen molar-refractivity contribution in [2.24, 2.45) is 0 Å². The van der Waals surface area contributed by atoms with Gasteiger partial charge in [-0.1, -0.05) is 23.1 Å². The second-order valence-electron chi connectivity index (χ2n) is 6.62. The van der Waals surface area contributed by atoms with Crippen LogP contribution in [0.2, 0.25) is 0 Å². The quantitative estimate of drug-likeness (QED) is 0.649. The van der Waals surface area contributed by atoms with Gasteiger partial charge in [0.25, 0.3) is 5.91 Å². The van der Waals surface area contributed by atoms with Gasteiger partial charge in [-0.3, -0.25) is 14.4 Å². The highest BCUT2D eigenvalue weighted by atomic mass is 32.2. The highest BCUT2D eigenvalue weighted by Gasteiger charge is 2.28. The second kappa shape index (κ2) is 9.90. The van der Waals surface area contributed by atoms with E-state index in [9.17, 15) is 18.8 Å². The molecule has 3 amide bonds. The molecule has 11 heteroatoms. The smallest absolute Gasteiger partial charge is 0.257 e. The largest absolute Gasteiger partial charge is 0.496 e. The van der Waals surface area contributed by atoms with Crippen molar-refractivity contribution in [2.45, 2.75) is 22.2 Å². The van der Waals surface area contributed by atoms with Gasteiger partial charge in [0.1, 0.15) is 11.9 Å². The second-order valence-corrected chi connectivity index (χ2v) is 8.99. The molecule has 1 aliphatic rings. The number of amides is 3. The van der Waals surface area contributed by atoms with Gasteiger partial charge < -0.3 is 19.9 Å². The van der Waals surface area contributed by atoms with Crippen LogP contribution in [-0.2, 0) is 9.59 Å². The molecule has 1 aromatic carbocycles. The third kappa shape index (κ3) is 5.08. The van der Waals surface area contributed by atoms with E-state index < -0.39 is 6.17 Å². The molecule has 30 heavy (non-hydrogen) atoms. The normalized spacial score (nSPS) is 16.7. The van der Waals surface area contributed by atoms with Crippen molar-refractivity contribution in [2.75, 3.05) is 38.6 Å². The number of alkyl halides is 1. The number of methoxy groups -OCH3 is 1. The third-order valence-electron chi connectivity index (χ3n) is 4.55. The molecule has 0 saturated carbocycles. The van der Waals surface area contributed by atoms with Crippen molar-refractivity contribution in [3.05, 3.63) is 29.5 Å². The number of nitrogens with one attached hydrogen (secondary N) is 1. The van der Waals surface area contributed by atoms with E-state index in [1.54, 1.807) is 18.3 Å². The summed E-state index contributed by atoms with van der Waals surface area (Å²) in [5.41, 5.74) is 1.23. The summed E-state index contributed by atoms with van der Waals surface area (Å²) >= 11 is 2.73. The zero-order valence-corrected chi connectivity index (χ0v) is 18.1. The number of aryl methyl sites for hydroxylation is 1. The third-order valence-corrected chi connectivity index (χ3v) is 6.74. The first kappa shape index (κ1) is 22.0. The molecule has 1 fully saturated rings. The number of thiazole rings is 1. The molecule has 0 radical (unpaired) electrons. The minimum Gasteiger partial charge on any atom is -0.496 e. The Balaban J connectivity index is 1.87. The number of hydrogen-bond donors (Lipinski definition) is 1. The standard InChI is InChI=1S/C19H21FN4O4S2/c1-12-5-15(28-2)14(6-16(12)29-17-7-21-19(30-17)22-10-25)18(27)24-4-3-23(11-26)8-13(20)9-24/h5-7,10-11,13H,3-4,8-9H2,1-2H3,(H,21,22,25). The van der Waals surface area contributed by atoms with Gasteiger partial charge in [-0.05, 0) is 24.6 Å². The van der Waals surface area contributed by atoms with E-state index in [-0.39, 0.29) is 32.1 Å². The number of benzene rings is 1. The lowest BCUT2D eigenvalue weighted by Crippen LogP contribution is -2.36. The lowest BCUT2D eigenvalue weighted by atomic mass is 10.1. The van der Waals surface area contributed by atoms with Crippen LogP contribution in [0.1, 0.15) is 15.9 Å². The average molecular weight is 453 g/mol. The van der Waals surface area contributed by atoms with Crippen molar-refractivity contribution in [3.8, 4) is 5.75 Å². The SMILES string of the molecule is COc1cc(C)c(Sc2cnc(NC=O)s2)cc1C(=O)N1CCN(C=O)CC(F)C1. The van der Waals surface area contributed by atoms with Gasteiger partial charge in [-0.2, -0.15) is 0 Å². The van der Waals surface area contributed by atoms with E-state index in [1.807, 2.05) is 6.92 Å². The Labute approximate surface area is 181 Å². The lowest BCUT2D eigenvalue weighted by Gasteiger charge is -2.23. The number of aromatic nitrogens is 1. The van der Waals surface area contributed by atoms with E-state index in [4.69, 9.17) is 4.74 Å². The maximum Gasteiger partial charge on any atom is 0.257 e. The maximum absolute atomic E-state index is 14.2. The van der Waals surface area contributed by atoms with Crippen LogP contribution in [-0.4, -0.2) is 73.0 Å². The molecule has 0 spiro atoms. The Kier molecular flexibility index (Phi) is 7.27. The highest BCUT2D eigenvalue weighted by molar-refractivity contribution is 8.01. The fourth-order valence-corrected chi connectivity index (χ4v) is 4.97. The summed E-state index contributed by atoms with van der Waals surface area (Å²) < 4.78 is 20.5. The topological polar surface area (TPSA) is 91.8 Å². The van der Waals surface area contributed by atoms with Gasteiger partial charge in [0.15, 0.2) is 5.13 Å². The van der Waals surface area contributed by atoms with E-state index in [1.165, 1.54) is 40.0 Å². The fourth-order valence-electron chi connectivity index (χ4n) is 3.07. The number of nitrogens with zero attached hydrogens (tertiary/aromatic N) is 3. The molecule has 0 aliphatic carbocycles. The van der Waals surface area contributed by atoms with Crippen LogP contribution in [0.15, 0.2) is 27.4 Å². The molecule has 3 rings (SSSR count). The minimum atomic E-state index is -1.31. The Morgan fingerprint density at radius 3 is 2.87 bits per heavy atom. The van der Waals surface area contributed by atoms with Crippen LogP contribution < -0.4 is 10.1 Å². The summed E-state index contributed by atoms with van der Waals surface area (Å²) in [5.74, 6) is 0.0538. The first-order valence-corrected chi connectivity index (χ1v) is 10.7. The maximum atomic E-state index is 14.2. The summed E-state index contributed by atoms with van der Waals surface area (Å²) in [4.78, 5) is 42.4. The van der Waals surface area contributed by atoms with Crippen molar-refractivity contribution < 1.29 is 23.5 Å². The van der Waals surface area contributed by atoms with E-state index >= 15 is 0 Å². The number of carbonyl (C=O) groups is 3. The van der Waals surface area contributed by atoms with Crippen LogP contribution in [0.25, 0.3) is 0 Å². The Morgan fingerprint density at radius 2 is 2.17 bits per heavy atom. The monoisotopic (exact) mass is 452 g/mol. The summed E-state index contributed by atoms with van der Waals surface area (Å²) in [6.07, 6.45) is 1.49. The Hall–Kier alpha value is -2.66. The molecule has 1 aromatic heterocycles. The van der Waals surface area contributed by atoms with Gasteiger partial charge in [0.2, 0.25) is 12.8 Å². The highest BCUT2D eigenvalue weighted by Crippen LogP contribution is 2.38. The fraction of sp³-hybridized carbons (Fsp3) is 0.368.